The summed E-state index contributed by atoms with van der Waals surface area (Å²) < 4.78 is 0. The second-order valence-corrected chi connectivity index (χ2v) is 7.08. The zero-order valence-corrected chi connectivity index (χ0v) is 12.4. The van der Waals surface area contributed by atoms with E-state index >= 15 is 0 Å². The zero-order chi connectivity index (χ0) is 13.2. The van der Waals surface area contributed by atoms with Gasteiger partial charge in [0.2, 0.25) is 0 Å². The SMILES string of the molecule is CCCNC1CC(CC(O)C2CC2)CN(C2CC2)C1. The number of hydrogen-bond donors (Lipinski definition) is 2. The maximum absolute atomic E-state index is 10.2. The summed E-state index contributed by atoms with van der Waals surface area (Å²) in [5.74, 6) is 1.35. The molecule has 0 aromatic rings. The predicted octanol–water partition coefficient (Wildman–Crippen LogP) is 2.00. The zero-order valence-electron chi connectivity index (χ0n) is 12.4. The molecule has 1 heterocycles. The topological polar surface area (TPSA) is 35.5 Å². The number of nitrogens with zero attached hydrogens (tertiary/aromatic N) is 1. The minimum absolute atomic E-state index is 0.0176. The van der Waals surface area contributed by atoms with Gasteiger partial charge in [-0.3, -0.25) is 4.90 Å². The van der Waals surface area contributed by atoms with Gasteiger partial charge in [-0.05, 0) is 63.3 Å². The highest BCUT2D eigenvalue weighted by molar-refractivity contribution is 4.94. The Kier molecular flexibility index (Phi) is 4.45. The average Bonchev–Trinajstić information content (AvgIpc) is 3.29. The number of aliphatic hydroxyl groups is 1. The fourth-order valence-corrected chi connectivity index (χ4v) is 3.66. The molecule has 2 N–H and O–H groups in total. The van der Waals surface area contributed by atoms with Crippen molar-refractivity contribution in [3.63, 3.8) is 0 Å². The first kappa shape index (κ1) is 13.8. The van der Waals surface area contributed by atoms with E-state index in [4.69, 9.17) is 0 Å². The van der Waals surface area contributed by atoms with Crippen molar-refractivity contribution in [2.75, 3.05) is 19.6 Å². The predicted molar refractivity (Wildman–Crippen MR) is 78.1 cm³/mol. The molecule has 1 aliphatic heterocycles. The normalized spacial score (nSPS) is 34.4. The molecule has 3 atom stereocenters. The molecule has 3 fully saturated rings. The number of hydrogen-bond acceptors (Lipinski definition) is 3. The molecule has 0 bridgehead atoms. The average molecular weight is 266 g/mol. The van der Waals surface area contributed by atoms with Gasteiger partial charge in [0.05, 0.1) is 6.10 Å². The molecular weight excluding hydrogens is 236 g/mol. The molecule has 3 aliphatic rings. The maximum atomic E-state index is 10.2. The minimum atomic E-state index is -0.0176. The van der Waals surface area contributed by atoms with E-state index in [1.807, 2.05) is 0 Å². The van der Waals surface area contributed by atoms with Gasteiger partial charge in [0.1, 0.15) is 0 Å². The number of likely N-dealkylation sites (tertiary alicyclic amines) is 1. The Balaban J connectivity index is 1.52. The molecule has 0 amide bonds. The summed E-state index contributed by atoms with van der Waals surface area (Å²) in [5, 5.41) is 13.9. The molecule has 2 aliphatic carbocycles. The number of nitrogens with one attached hydrogen (secondary N) is 1. The minimum Gasteiger partial charge on any atom is -0.393 e. The largest absolute Gasteiger partial charge is 0.393 e. The monoisotopic (exact) mass is 266 g/mol. The van der Waals surface area contributed by atoms with Crippen LogP contribution in [0.4, 0.5) is 0 Å². The van der Waals surface area contributed by atoms with Crippen LogP contribution in [0.1, 0.15) is 51.9 Å². The lowest BCUT2D eigenvalue weighted by Crippen LogP contribution is -2.50. The molecule has 0 spiro atoms. The van der Waals surface area contributed by atoms with Crippen LogP contribution >= 0.6 is 0 Å². The Hall–Kier alpha value is -0.120. The molecule has 110 valence electrons. The van der Waals surface area contributed by atoms with Gasteiger partial charge in [-0.25, -0.2) is 0 Å². The first-order chi connectivity index (χ1) is 9.26. The van der Waals surface area contributed by atoms with Crippen molar-refractivity contribution in [3.8, 4) is 0 Å². The molecule has 3 heteroatoms. The summed E-state index contributed by atoms with van der Waals surface area (Å²) in [4.78, 5) is 2.70. The van der Waals surface area contributed by atoms with Crippen LogP contribution in [0.3, 0.4) is 0 Å². The molecule has 0 aromatic carbocycles. The van der Waals surface area contributed by atoms with Crippen molar-refractivity contribution in [2.45, 2.75) is 70.1 Å². The molecule has 0 radical (unpaired) electrons. The molecular formula is C16H30N2O. The lowest BCUT2D eigenvalue weighted by molar-refractivity contribution is 0.0718. The van der Waals surface area contributed by atoms with Crippen molar-refractivity contribution in [1.29, 1.82) is 0 Å². The molecule has 3 unspecified atom stereocenters. The van der Waals surface area contributed by atoms with Gasteiger partial charge < -0.3 is 10.4 Å². The highest BCUT2D eigenvalue weighted by Crippen LogP contribution is 2.38. The fraction of sp³-hybridized carbons (Fsp3) is 1.00. The number of aliphatic hydroxyl groups excluding tert-OH is 1. The molecule has 19 heavy (non-hydrogen) atoms. The molecule has 1 saturated heterocycles. The van der Waals surface area contributed by atoms with E-state index in [1.54, 1.807) is 0 Å². The van der Waals surface area contributed by atoms with Crippen LogP contribution in [0, 0.1) is 11.8 Å². The van der Waals surface area contributed by atoms with Crippen molar-refractivity contribution in [3.05, 3.63) is 0 Å². The quantitative estimate of drug-likeness (QED) is 0.740. The van der Waals surface area contributed by atoms with Crippen LogP contribution in [0.2, 0.25) is 0 Å². The van der Waals surface area contributed by atoms with E-state index in [2.05, 4.69) is 17.1 Å². The lowest BCUT2D eigenvalue weighted by atomic mass is 9.88. The summed E-state index contributed by atoms with van der Waals surface area (Å²) in [6.07, 6.45) is 8.84. The second kappa shape index (κ2) is 6.11. The van der Waals surface area contributed by atoms with Crippen molar-refractivity contribution >= 4 is 0 Å². The van der Waals surface area contributed by atoms with E-state index in [-0.39, 0.29) is 6.10 Å². The third-order valence-electron chi connectivity index (χ3n) is 5.05. The van der Waals surface area contributed by atoms with Gasteiger partial charge in [-0.2, -0.15) is 0 Å². The van der Waals surface area contributed by atoms with E-state index in [1.165, 1.54) is 51.6 Å². The van der Waals surface area contributed by atoms with Gasteiger partial charge >= 0.3 is 0 Å². The Morgan fingerprint density at radius 3 is 2.63 bits per heavy atom. The molecule has 3 nitrogen and oxygen atoms in total. The van der Waals surface area contributed by atoms with E-state index in [0.717, 1.165) is 19.0 Å². The van der Waals surface area contributed by atoms with Gasteiger partial charge in [0.15, 0.2) is 0 Å². The van der Waals surface area contributed by atoms with E-state index in [0.29, 0.717) is 17.9 Å². The summed E-state index contributed by atoms with van der Waals surface area (Å²) in [6, 6.07) is 1.53. The number of rotatable bonds is 7. The third-order valence-corrected chi connectivity index (χ3v) is 5.05. The number of piperidine rings is 1. The van der Waals surface area contributed by atoms with Crippen LogP contribution < -0.4 is 5.32 Å². The first-order valence-electron chi connectivity index (χ1n) is 8.41. The van der Waals surface area contributed by atoms with Gasteiger partial charge in [0, 0.05) is 25.2 Å². The first-order valence-corrected chi connectivity index (χ1v) is 8.41. The third kappa shape index (κ3) is 3.93. The summed E-state index contributed by atoms with van der Waals surface area (Å²) in [5.41, 5.74) is 0. The lowest BCUT2D eigenvalue weighted by Gasteiger charge is -2.39. The summed E-state index contributed by atoms with van der Waals surface area (Å²) in [7, 11) is 0. The van der Waals surface area contributed by atoms with Crippen LogP contribution in [0.5, 0.6) is 0 Å². The second-order valence-electron chi connectivity index (χ2n) is 7.08. The highest BCUT2D eigenvalue weighted by Gasteiger charge is 2.38. The van der Waals surface area contributed by atoms with Crippen LogP contribution in [-0.4, -0.2) is 47.8 Å². The van der Waals surface area contributed by atoms with Crippen LogP contribution in [-0.2, 0) is 0 Å². The Labute approximate surface area is 117 Å². The summed E-state index contributed by atoms with van der Waals surface area (Å²) >= 11 is 0. The van der Waals surface area contributed by atoms with Crippen LogP contribution in [0.15, 0.2) is 0 Å². The van der Waals surface area contributed by atoms with Gasteiger partial charge in [-0.1, -0.05) is 6.92 Å². The van der Waals surface area contributed by atoms with Gasteiger partial charge in [-0.15, -0.1) is 0 Å². The van der Waals surface area contributed by atoms with E-state index < -0.39 is 0 Å². The van der Waals surface area contributed by atoms with Crippen molar-refractivity contribution in [2.24, 2.45) is 11.8 Å². The highest BCUT2D eigenvalue weighted by atomic mass is 16.3. The maximum Gasteiger partial charge on any atom is 0.0571 e. The fourth-order valence-electron chi connectivity index (χ4n) is 3.66. The Morgan fingerprint density at radius 1 is 1.21 bits per heavy atom. The molecule has 3 rings (SSSR count). The standard InChI is InChI=1S/C16H30N2O/c1-2-7-17-14-8-12(9-16(19)13-3-4-13)10-18(11-14)15-5-6-15/h12-17,19H,2-11H2,1H3. The van der Waals surface area contributed by atoms with Gasteiger partial charge in [0.25, 0.3) is 0 Å². The molecule has 2 saturated carbocycles. The van der Waals surface area contributed by atoms with Crippen molar-refractivity contribution < 1.29 is 5.11 Å². The summed E-state index contributed by atoms with van der Waals surface area (Å²) in [6.45, 7) is 5.85. The van der Waals surface area contributed by atoms with Crippen molar-refractivity contribution in [1.82, 2.24) is 10.2 Å². The van der Waals surface area contributed by atoms with Crippen LogP contribution in [0.25, 0.3) is 0 Å². The smallest absolute Gasteiger partial charge is 0.0571 e. The Bertz CT molecular complexity index is 286. The Morgan fingerprint density at radius 2 is 2.00 bits per heavy atom. The molecule has 0 aromatic heterocycles. The van der Waals surface area contributed by atoms with E-state index in [9.17, 15) is 5.11 Å².